The lowest BCUT2D eigenvalue weighted by Crippen LogP contribution is -2.24. The van der Waals surface area contributed by atoms with E-state index in [0.717, 1.165) is 5.56 Å². The van der Waals surface area contributed by atoms with Crippen molar-refractivity contribution in [1.82, 2.24) is 5.32 Å². The highest BCUT2D eigenvalue weighted by molar-refractivity contribution is 5.88. The summed E-state index contributed by atoms with van der Waals surface area (Å²) in [4.78, 5) is 22.8. The van der Waals surface area contributed by atoms with Crippen LogP contribution in [0.5, 0.6) is 0 Å². The van der Waals surface area contributed by atoms with Gasteiger partial charge in [0, 0.05) is 19.2 Å². The van der Waals surface area contributed by atoms with Gasteiger partial charge in [0.1, 0.15) is 5.82 Å². The number of halogens is 1. The van der Waals surface area contributed by atoms with Gasteiger partial charge >= 0.3 is 0 Å². The summed E-state index contributed by atoms with van der Waals surface area (Å²) in [5.41, 5.74) is 2.25. The van der Waals surface area contributed by atoms with Crippen LogP contribution in [0.15, 0.2) is 48.5 Å². The smallest absolute Gasteiger partial charge is 0.224 e. The maximum absolute atomic E-state index is 13.0. The van der Waals surface area contributed by atoms with Crippen LogP contribution in [0.25, 0.3) is 0 Å². The zero-order valence-electron chi connectivity index (χ0n) is 12.2. The second-order valence-electron chi connectivity index (χ2n) is 4.96. The largest absolute Gasteiger partial charge is 0.352 e. The van der Waals surface area contributed by atoms with Crippen LogP contribution < -0.4 is 10.6 Å². The normalized spacial score (nSPS) is 10.1. The summed E-state index contributed by atoms with van der Waals surface area (Å²) in [5, 5.41) is 5.41. The van der Waals surface area contributed by atoms with E-state index in [1.165, 1.54) is 19.1 Å². The molecule has 0 aromatic heterocycles. The number of hydrogen-bond donors (Lipinski definition) is 2. The predicted molar refractivity (Wildman–Crippen MR) is 82.7 cm³/mol. The Hall–Kier alpha value is -2.69. The quantitative estimate of drug-likeness (QED) is 0.892. The average Bonchev–Trinajstić information content (AvgIpc) is 2.47. The van der Waals surface area contributed by atoms with E-state index in [9.17, 15) is 14.0 Å². The average molecular weight is 300 g/mol. The number of rotatable bonds is 5. The van der Waals surface area contributed by atoms with Crippen LogP contribution in [-0.4, -0.2) is 11.8 Å². The minimum atomic E-state index is -0.319. The molecule has 0 unspecified atom stereocenters. The van der Waals surface area contributed by atoms with E-state index in [-0.39, 0.29) is 24.1 Å². The first kappa shape index (κ1) is 15.7. The van der Waals surface area contributed by atoms with E-state index >= 15 is 0 Å². The highest BCUT2D eigenvalue weighted by atomic mass is 19.1. The molecule has 5 heteroatoms. The number of benzene rings is 2. The molecule has 0 radical (unpaired) electrons. The molecule has 2 aromatic rings. The van der Waals surface area contributed by atoms with Crippen molar-refractivity contribution in [3.8, 4) is 0 Å². The predicted octanol–water partition coefficient (Wildman–Crippen LogP) is 2.64. The minimum absolute atomic E-state index is 0.138. The van der Waals surface area contributed by atoms with Crippen molar-refractivity contribution in [3.63, 3.8) is 0 Å². The van der Waals surface area contributed by atoms with Gasteiger partial charge in [-0.2, -0.15) is 0 Å². The lowest BCUT2D eigenvalue weighted by Gasteiger charge is -2.07. The second kappa shape index (κ2) is 7.36. The molecule has 0 aliphatic rings. The maximum atomic E-state index is 13.0. The number of carbonyl (C=O) groups is 2. The number of nitrogens with one attached hydrogen (secondary N) is 2. The van der Waals surface area contributed by atoms with Gasteiger partial charge in [-0.1, -0.05) is 24.3 Å². The molecule has 0 spiro atoms. The summed E-state index contributed by atoms with van der Waals surface area (Å²) >= 11 is 0. The second-order valence-corrected chi connectivity index (χ2v) is 4.96. The minimum Gasteiger partial charge on any atom is -0.352 e. The highest BCUT2D eigenvalue weighted by Gasteiger charge is 2.04. The number of anilines is 1. The SMILES string of the molecule is CC(=O)Nc1ccc(CC(=O)NCc2cccc(F)c2)cc1. The van der Waals surface area contributed by atoms with Crippen molar-refractivity contribution < 1.29 is 14.0 Å². The highest BCUT2D eigenvalue weighted by Crippen LogP contribution is 2.10. The van der Waals surface area contributed by atoms with Crippen LogP contribution in [0.4, 0.5) is 10.1 Å². The van der Waals surface area contributed by atoms with Crippen LogP contribution in [-0.2, 0) is 22.6 Å². The summed E-state index contributed by atoms with van der Waals surface area (Å²) in [5.74, 6) is -0.600. The molecule has 2 aromatic carbocycles. The molecule has 0 saturated heterocycles. The molecule has 0 fully saturated rings. The molecule has 2 rings (SSSR count). The first-order valence-corrected chi connectivity index (χ1v) is 6.90. The molecule has 4 nitrogen and oxygen atoms in total. The Kier molecular flexibility index (Phi) is 5.25. The Morgan fingerprint density at radius 2 is 1.77 bits per heavy atom. The van der Waals surface area contributed by atoms with Crippen LogP contribution in [0.3, 0.4) is 0 Å². The van der Waals surface area contributed by atoms with Crippen molar-refractivity contribution in [2.75, 3.05) is 5.32 Å². The van der Waals surface area contributed by atoms with Crippen LogP contribution in [0.1, 0.15) is 18.1 Å². The number of hydrogen-bond acceptors (Lipinski definition) is 2. The number of carbonyl (C=O) groups excluding carboxylic acids is 2. The van der Waals surface area contributed by atoms with Crippen molar-refractivity contribution in [2.45, 2.75) is 19.9 Å². The first-order valence-electron chi connectivity index (χ1n) is 6.90. The van der Waals surface area contributed by atoms with E-state index in [1.807, 2.05) is 0 Å². The zero-order chi connectivity index (χ0) is 15.9. The van der Waals surface area contributed by atoms with Gasteiger partial charge in [-0.25, -0.2) is 4.39 Å². The Bertz CT molecular complexity index is 669. The molecule has 0 aliphatic heterocycles. The fraction of sp³-hybridized carbons (Fsp3) is 0.176. The first-order chi connectivity index (χ1) is 10.5. The van der Waals surface area contributed by atoms with E-state index in [1.54, 1.807) is 36.4 Å². The third-order valence-corrected chi connectivity index (χ3v) is 3.02. The van der Waals surface area contributed by atoms with Gasteiger partial charge in [0.2, 0.25) is 11.8 Å². The van der Waals surface area contributed by atoms with Gasteiger partial charge in [-0.3, -0.25) is 9.59 Å². The van der Waals surface area contributed by atoms with E-state index < -0.39 is 0 Å². The Morgan fingerprint density at radius 3 is 2.41 bits per heavy atom. The fourth-order valence-electron chi connectivity index (χ4n) is 2.00. The standard InChI is InChI=1S/C17H17FN2O2/c1-12(21)20-16-7-5-13(6-8-16)10-17(22)19-11-14-3-2-4-15(18)9-14/h2-9H,10-11H2,1H3,(H,19,22)(H,20,21). The monoisotopic (exact) mass is 300 g/mol. The molecule has 0 heterocycles. The number of amides is 2. The zero-order valence-corrected chi connectivity index (χ0v) is 12.2. The molecular formula is C17H17FN2O2. The molecule has 0 saturated carbocycles. The van der Waals surface area contributed by atoms with Crippen molar-refractivity contribution >= 4 is 17.5 Å². The lowest BCUT2D eigenvalue weighted by atomic mass is 10.1. The summed E-state index contributed by atoms with van der Waals surface area (Å²) < 4.78 is 13.0. The van der Waals surface area contributed by atoms with Crippen LogP contribution in [0, 0.1) is 5.82 Å². The molecule has 22 heavy (non-hydrogen) atoms. The molecule has 0 aliphatic carbocycles. The summed E-state index contributed by atoms with van der Waals surface area (Å²) in [6, 6.07) is 13.2. The summed E-state index contributed by atoms with van der Waals surface area (Å²) in [6.07, 6.45) is 0.232. The Balaban J connectivity index is 1.85. The molecular weight excluding hydrogens is 283 g/mol. The molecule has 2 amide bonds. The molecule has 0 atom stereocenters. The molecule has 2 N–H and O–H groups in total. The Morgan fingerprint density at radius 1 is 1.05 bits per heavy atom. The lowest BCUT2D eigenvalue weighted by molar-refractivity contribution is -0.120. The third kappa shape index (κ3) is 5.01. The Labute approximate surface area is 128 Å². The van der Waals surface area contributed by atoms with E-state index in [4.69, 9.17) is 0 Å². The van der Waals surface area contributed by atoms with Crippen LogP contribution >= 0.6 is 0 Å². The van der Waals surface area contributed by atoms with Crippen molar-refractivity contribution in [1.29, 1.82) is 0 Å². The van der Waals surface area contributed by atoms with Gasteiger partial charge in [-0.15, -0.1) is 0 Å². The van der Waals surface area contributed by atoms with Crippen LogP contribution in [0.2, 0.25) is 0 Å². The van der Waals surface area contributed by atoms with Gasteiger partial charge in [0.05, 0.1) is 6.42 Å². The summed E-state index contributed by atoms with van der Waals surface area (Å²) in [6.45, 7) is 1.73. The maximum Gasteiger partial charge on any atom is 0.224 e. The van der Waals surface area contributed by atoms with Crippen molar-refractivity contribution in [3.05, 3.63) is 65.5 Å². The third-order valence-electron chi connectivity index (χ3n) is 3.02. The van der Waals surface area contributed by atoms with Crippen molar-refractivity contribution in [2.24, 2.45) is 0 Å². The summed E-state index contributed by atoms with van der Waals surface area (Å²) in [7, 11) is 0. The van der Waals surface area contributed by atoms with Gasteiger partial charge < -0.3 is 10.6 Å². The topological polar surface area (TPSA) is 58.2 Å². The fourth-order valence-corrected chi connectivity index (χ4v) is 2.00. The molecule has 114 valence electrons. The van der Waals surface area contributed by atoms with E-state index in [2.05, 4.69) is 10.6 Å². The molecule has 0 bridgehead atoms. The van der Waals surface area contributed by atoms with Gasteiger partial charge in [0.25, 0.3) is 0 Å². The van der Waals surface area contributed by atoms with Gasteiger partial charge in [0.15, 0.2) is 0 Å². The van der Waals surface area contributed by atoms with Gasteiger partial charge in [-0.05, 0) is 35.4 Å². The van der Waals surface area contributed by atoms with E-state index in [0.29, 0.717) is 17.8 Å².